The van der Waals surface area contributed by atoms with E-state index in [1.807, 2.05) is 51.8 Å². The Hall–Kier alpha value is -1.88. The van der Waals surface area contributed by atoms with Crippen LogP contribution in [0, 0.1) is 20.8 Å². The second-order valence-corrected chi connectivity index (χ2v) is 4.69. The predicted molar refractivity (Wildman–Crippen MR) is 74.5 cm³/mol. The lowest BCUT2D eigenvalue weighted by Gasteiger charge is -2.11. The van der Waals surface area contributed by atoms with Crippen LogP contribution in [0.3, 0.4) is 0 Å². The molecular formula is C14H20N4O. The van der Waals surface area contributed by atoms with Gasteiger partial charge in [0.2, 0.25) is 0 Å². The molecule has 0 amide bonds. The standard InChI is InChI=1S/C14H20N4O/c1-9-6-13(12(7-15-4)8-16-9)19-14-10(2)17-18(5)11(14)3/h6,8,15H,7H2,1-5H3. The molecule has 0 unspecified atom stereocenters. The highest BCUT2D eigenvalue weighted by molar-refractivity contribution is 5.41. The molecule has 5 heteroatoms. The molecule has 0 saturated carbocycles. The number of hydrogen-bond donors (Lipinski definition) is 1. The van der Waals surface area contributed by atoms with Gasteiger partial charge in [0.15, 0.2) is 5.75 Å². The first-order chi connectivity index (χ1) is 9.02. The lowest BCUT2D eigenvalue weighted by Crippen LogP contribution is -2.07. The van der Waals surface area contributed by atoms with Crippen molar-refractivity contribution in [1.29, 1.82) is 0 Å². The zero-order valence-corrected chi connectivity index (χ0v) is 12.1. The van der Waals surface area contributed by atoms with Gasteiger partial charge < -0.3 is 10.1 Å². The van der Waals surface area contributed by atoms with Crippen molar-refractivity contribution < 1.29 is 4.74 Å². The molecular weight excluding hydrogens is 240 g/mol. The summed E-state index contributed by atoms with van der Waals surface area (Å²) in [7, 11) is 3.83. The number of hydrogen-bond acceptors (Lipinski definition) is 4. The molecule has 0 atom stereocenters. The van der Waals surface area contributed by atoms with Crippen molar-refractivity contribution in [2.75, 3.05) is 7.05 Å². The molecule has 0 spiro atoms. The molecule has 0 fully saturated rings. The van der Waals surface area contributed by atoms with E-state index in [0.717, 1.165) is 40.7 Å². The van der Waals surface area contributed by atoms with Gasteiger partial charge in [-0.05, 0) is 27.8 Å². The maximum Gasteiger partial charge on any atom is 0.171 e. The molecule has 5 nitrogen and oxygen atoms in total. The highest BCUT2D eigenvalue weighted by Crippen LogP contribution is 2.30. The number of nitrogens with zero attached hydrogens (tertiary/aromatic N) is 3. The van der Waals surface area contributed by atoms with Gasteiger partial charge >= 0.3 is 0 Å². The van der Waals surface area contributed by atoms with Gasteiger partial charge in [-0.1, -0.05) is 0 Å². The minimum absolute atomic E-state index is 0.723. The monoisotopic (exact) mass is 260 g/mol. The number of pyridine rings is 1. The number of rotatable bonds is 4. The summed E-state index contributed by atoms with van der Waals surface area (Å²) in [6.07, 6.45) is 1.85. The average Bonchev–Trinajstić information content (AvgIpc) is 2.59. The summed E-state index contributed by atoms with van der Waals surface area (Å²) in [5.74, 6) is 1.66. The summed E-state index contributed by atoms with van der Waals surface area (Å²) in [5.41, 5.74) is 3.89. The molecule has 19 heavy (non-hydrogen) atoms. The van der Waals surface area contributed by atoms with Crippen LogP contribution in [-0.2, 0) is 13.6 Å². The zero-order valence-electron chi connectivity index (χ0n) is 12.1. The SMILES string of the molecule is CNCc1cnc(C)cc1Oc1c(C)nn(C)c1C. The van der Waals surface area contributed by atoms with Crippen molar-refractivity contribution in [3.63, 3.8) is 0 Å². The molecule has 2 aromatic rings. The van der Waals surface area contributed by atoms with Crippen LogP contribution < -0.4 is 10.1 Å². The van der Waals surface area contributed by atoms with Crippen LogP contribution in [0.5, 0.6) is 11.5 Å². The van der Waals surface area contributed by atoms with Gasteiger partial charge in [0.1, 0.15) is 11.4 Å². The Bertz CT molecular complexity index is 589. The van der Waals surface area contributed by atoms with E-state index in [1.165, 1.54) is 0 Å². The molecule has 0 saturated heterocycles. The normalized spacial score (nSPS) is 10.8. The minimum atomic E-state index is 0.723. The van der Waals surface area contributed by atoms with Crippen molar-refractivity contribution in [2.45, 2.75) is 27.3 Å². The van der Waals surface area contributed by atoms with Crippen molar-refractivity contribution in [2.24, 2.45) is 7.05 Å². The van der Waals surface area contributed by atoms with E-state index in [-0.39, 0.29) is 0 Å². The smallest absolute Gasteiger partial charge is 0.171 e. The Labute approximate surface area is 113 Å². The van der Waals surface area contributed by atoms with Gasteiger partial charge in [0.05, 0.1) is 5.69 Å². The van der Waals surface area contributed by atoms with E-state index in [9.17, 15) is 0 Å². The molecule has 0 aromatic carbocycles. The Kier molecular flexibility index (Phi) is 3.85. The molecule has 0 aliphatic heterocycles. The lowest BCUT2D eigenvalue weighted by atomic mass is 10.2. The predicted octanol–water partition coefficient (Wildman–Crippen LogP) is 2.25. The molecule has 2 heterocycles. The summed E-state index contributed by atoms with van der Waals surface area (Å²) >= 11 is 0. The highest BCUT2D eigenvalue weighted by Gasteiger charge is 2.14. The molecule has 1 N–H and O–H groups in total. The molecule has 2 rings (SSSR count). The van der Waals surface area contributed by atoms with Gasteiger partial charge in [0.25, 0.3) is 0 Å². The topological polar surface area (TPSA) is 52.0 Å². The van der Waals surface area contributed by atoms with E-state index < -0.39 is 0 Å². The summed E-state index contributed by atoms with van der Waals surface area (Å²) in [6.45, 7) is 6.63. The van der Waals surface area contributed by atoms with Crippen LogP contribution in [0.2, 0.25) is 0 Å². The first-order valence-electron chi connectivity index (χ1n) is 6.31. The van der Waals surface area contributed by atoms with Crippen molar-refractivity contribution in [3.05, 3.63) is 34.9 Å². The van der Waals surface area contributed by atoms with E-state index in [4.69, 9.17) is 4.74 Å². The average molecular weight is 260 g/mol. The van der Waals surface area contributed by atoms with Gasteiger partial charge in [-0.25, -0.2) is 0 Å². The van der Waals surface area contributed by atoms with Crippen LogP contribution in [-0.4, -0.2) is 21.8 Å². The fourth-order valence-corrected chi connectivity index (χ4v) is 1.99. The van der Waals surface area contributed by atoms with Gasteiger partial charge in [0, 0.05) is 37.1 Å². The third-order valence-corrected chi connectivity index (χ3v) is 3.10. The maximum atomic E-state index is 6.06. The third-order valence-electron chi connectivity index (χ3n) is 3.10. The number of aromatic nitrogens is 3. The maximum absolute atomic E-state index is 6.06. The van der Waals surface area contributed by atoms with Crippen LogP contribution in [0.15, 0.2) is 12.3 Å². The zero-order chi connectivity index (χ0) is 14.0. The van der Waals surface area contributed by atoms with Crippen LogP contribution in [0.25, 0.3) is 0 Å². The Morgan fingerprint density at radius 2 is 2.05 bits per heavy atom. The minimum Gasteiger partial charge on any atom is -0.453 e. The van der Waals surface area contributed by atoms with Crippen LogP contribution >= 0.6 is 0 Å². The van der Waals surface area contributed by atoms with E-state index in [2.05, 4.69) is 15.4 Å². The van der Waals surface area contributed by atoms with Gasteiger partial charge in [-0.15, -0.1) is 0 Å². The van der Waals surface area contributed by atoms with Crippen LogP contribution in [0.1, 0.15) is 22.6 Å². The number of aryl methyl sites for hydroxylation is 3. The van der Waals surface area contributed by atoms with Gasteiger partial charge in [-0.3, -0.25) is 9.67 Å². The fraction of sp³-hybridized carbons (Fsp3) is 0.429. The van der Waals surface area contributed by atoms with E-state index in [0.29, 0.717) is 0 Å². The van der Waals surface area contributed by atoms with E-state index in [1.54, 1.807) is 0 Å². The van der Waals surface area contributed by atoms with Crippen LogP contribution in [0.4, 0.5) is 0 Å². The molecule has 0 aliphatic carbocycles. The first kappa shape index (κ1) is 13.5. The molecule has 0 bridgehead atoms. The van der Waals surface area contributed by atoms with E-state index >= 15 is 0 Å². The Balaban J connectivity index is 2.39. The van der Waals surface area contributed by atoms with Crippen molar-refractivity contribution >= 4 is 0 Å². The Morgan fingerprint density at radius 1 is 1.32 bits per heavy atom. The number of ether oxygens (including phenoxy) is 1. The Morgan fingerprint density at radius 3 is 2.63 bits per heavy atom. The summed E-state index contributed by atoms with van der Waals surface area (Å²) in [4.78, 5) is 4.31. The third kappa shape index (κ3) is 2.76. The molecule has 2 aromatic heterocycles. The quantitative estimate of drug-likeness (QED) is 0.916. The largest absolute Gasteiger partial charge is 0.453 e. The first-order valence-corrected chi connectivity index (χ1v) is 6.31. The molecule has 0 radical (unpaired) electrons. The second-order valence-electron chi connectivity index (χ2n) is 4.69. The van der Waals surface area contributed by atoms with Crippen molar-refractivity contribution in [3.8, 4) is 11.5 Å². The molecule has 0 aliphatic rings. The number of nitrogens with one attached hydrogen (secondary N) is 1. The summed E-state index contributed by atoms with van der Waals surface area (Å²) in [5, 5.41) is 7.49. The molecule has 102 valence electrons. The highest BCUT2D eigenvalue weighted by atomic mass is 16.5. The fourth-order valence-electron chi connectivity index (χ4n) is 1.99. The summed E-state index contributed by atoms with van der Waals surface area (Å²) < 4.78 is 7.89. The summed E-state index contributed by atoms with van der Waals surface area (Å²) in [6, 6.07) is 1.96. The van der Waals surface area contributed by atoms with Crippen molar-refractivity contribution in [1.82, 2.24) is 20.1 Å². The lowest BCUT2D eigenvalue weighted by molar-refractivity contribution is 0.464. The van der Waals surface area contributed by atoms with Gasteiger partial charge in [-0.2, -0.15) is 5.10 Å². The second kappa shape index (κ2) is 5.40.